The second-order valence-corrected chi connectivity index (χ2v) is 5.88. The third-order valence-corrected chi connectivity index (χ3v) is 3.78. The standard InChI is InChI=1S/C19H21F3N2O2/c1-2-3-17(23)18(25)24-12-13-4-6-14(7-5-13)15-8-10-16(11-9-15)26-19(20,21)22/h4-11,17H,2-3,12,23H2,1H3,(H,24,25)/t17-/m0/s1. The molecule has 0 saturated carbocycles. The summed E-state index contributed by atoms with van der Waals surface area (Å²) in [4.78, 5) is 11.8. The van der Waals surface area contributed by atoms with Crippen molar-refractivity contribution in [1.82, 2.24) is 5.32 Å². The van der Waals surface area contributed by atoms with E-state index in [-0.39, 0.29) is 11.7 Å². The molecule has 0 bridgehead atoms. The van der Waals surface area contributed by atoms with Gasteiger partial charge >= 0.3 is 6.36 Å². The van der Waals surface area contributed by atoms with Gasteiger partial charge in [-0.05, 0) is 35.2 Å². The van der Waals surface area contributed by atoms with Crippen LogP contribution in [0.4, 0.5) is 13.2 Å². The maximum absolute atomic E-state index is 12.2. The first kappa shape index (κ1) is 19.8. The molecule has 26 heavy (non-hydrogen) atoms. The summed E-state index contributed by atoms with van der Waals surface area (Å²) >= 11 is 0. The fourth-order valence-corrected chi connectivity index (χ4v) is 2.43. The molecule has 2 aromatic carbocycles. The quantitative estimate of drug-likeness (QED) is 0.779. The Balaban J connectivity index is 1.95. The van der Waals surface area contributed by atoms with Gasteiger partial charge in [-0.15, -0.1) is 13.2 Å². The Bertz CT molecular complexity index is 713. The number of halogens is 3. The molecule has 2 aromatic rings. The Morgan fingerprint density at radius 3 is 2.12 bits per heavy atom. The van der Waals surface area contributed by atoms with Gasteiger partial charge in [0, 0.05) is 6.54 Å². The number of amides is 1. The van der Waals surface area contributed by atoms with Crippen LogP contribution < -0.4 is 15.8 Å². The molecule has 2 rings (SSSR count). The number of rotatable bonds is 7. The van der Waals surface area contributed by atoms with Gasteiger partial charge in [-0.25, -0.2) is 0 Å². The first-order valence-corrected chi connectivity index (χ1v) is 8.27. The van der Waals surface area contributed by atoms with Gasteiger partial charge in [0.05, 0.1) is 6.04 Å². The molecule has 0 aliphatic heterocycles. The van der Waals surface area contributed by atoms with Crippen LogP contribution in [0, 0.1) is 0 Å². The van der Waals surface area contributed by atoms with E-state index in [0.717, 1.165) is 23.1 Å². The number of ether oxygens (including phenoxy) is 1. The number of nitrogens with two attached hydrogens (primary N) is 1. The minimum absolute atomic E-state index is 0.184. The molecule has 1 amide bonds. The fourth-order valence-electron chi connectivity index (χ4n) is 2.43. The van der Waals surface area contributed by atoms with Gasteiger partial charge < -0.3 is 15.8 Å². The fraction of sp³-hybridized carbons (Fsp3) is 0.316. The van der Waals surface area contributed by atoms with E-state index in [2.05, 4.69) is 10.1 Å². The largest absolute Gasteiger partial charge is 0.573 e. The van der Waals surface area contributed by atoms with E-state index >= 15 is 0 Å². The molecule has 0 aliphatic carbocycles. The maximum atomic E-state index is 12.2. The van der Waals surface area contributed by atoms with Gasteiger partial charge in [-0.2, -0.15) is 0 Å². The van der Waals surface area contributed by atoms with Gasteiger partial charge in [0.25, 0.3) is 0 Å². The molecular weight excluding hydrogens is 345 g/mol. The lowest BCUT2D eigenvalue weighted by molar-refractivity contribution is -0.274. The van der Waals surface area contributed by atoms with Crippen LogP contribution in [0.15, 0.2) is 48.5 Å². The summed E-state index contributed by atoms with van der Waals surface area (Å²) in [5.74, 6) is -0.444. The highest BCUT2D eigenvalue weighted by molar-refractivity contribution is 5.81. The topological polar surface area (TPSA) is 64.4 Å². The summed E-state index contributed by atoms with van der Waals surface area (Å²) in [6.07, 6.45) is -3.22. The van der Waals surface area contributed by atoms with Crippen molar-refractivity contribution in [3.63, 3.8) is 0 Å². The van der Waals surface area contributed by atoms with Crippen LogP contribution in [0.1, 0.15) is 25.3 Å². The molecule has 1 atom stereocenters. The molecule has 140 valence electrons. The summed E-state index contributed by atoms with van der Waals surface area (Å²) in [5.41, 5.74) is 8.27. The molecule has 0 aliphatic rings. The van der Waals surface area contributed by atoms with Gasteiger partial charge in [-0.1, -0.05) is 49.7 Å². The average molecular weight is 366 g/mol. The number of benzene rings is 2. The van der Waals surface area contributed by atoms with E-state index in [1.807, 2.05) is 31.2 Å². The normalized spacial score (nSPS) is 12.5. The minimum atomic E-state index is -4.70. The Kier molecular flexibility index (Phi) is 6.63. The van der Waals surface area contributed by atoms with Crippen molar-refractivity contribution in [3.8, 4) is 16.9 Å². The summed E-state index contributed by atoms with van der Waals surface area (Å²) < 4.78 is 40.4. The molecule has 0 saturated heterocycles. The van der Waals surface area contributed by atoms with E-state index < -0.39 is 12.4 Å². The van der Waals surface area contributed by atoms with E-state index in [9.17, 15) is 18.0 Å². The zero-order chi connectivity index (χ0) is 19.2. The molecule has 3 N–H and O–H groups in total. The highest BCUT2D eigenvalue weighted by Gasteiger charge is 2.30. The number of nitrogens with one attached hydrogen (secondary N) is 1. The predicted molar refractivity (Wildman–Crippen MR) is 93.3 cm³/mol. The monoisotopic (exact) mass is 366 g/mol. The molecule has 0 unspecified atom stereocenters. The van der Waals surface area contributed by atoms with Crippen molar-refractivity contribution in [2.45, 2.75) is 38.7 Å². The Morgan fingerprint density at radius 1 is 1.08 bits per heavy atom. The second kappa shape index (κ2) is 8.71. The van der Waals surface area contributed by atoms with Crippen LogP contribution >= 0.6 is 0 Å². The molecular formula is C19H21F3N2O2. The number of alkyl halides is 3. The molecule has 0 radical (unpaired) electrons. The van der Waals surface area contributed by atoms with Crippen molar-refractivity contribution in [3.05, 3.63) is 54.1 Å². The van der Waals surface area contributed by atoms with Crippen LogP contribution in [0.5, 0.6) is 5.75 Å². The van der Waals surface area contributed by atoms with Crippen LogP contribution in [0.2, 0.25) is 0 Å². The van der Waals surface area contributed by atoms with Crippen molar-refractivity contribution in [2.24, 2.45) is 5.73 Å². The summed E-state index contributed by atoms with van der Waals surface area (Å²) in [6.45, 7) is 2.34. The third kappa shape index (κ3) is 6.07. The average Bonchev–Trinajstić information content (AvgIpc) is 2.59. The van der Waals surface area contributed by atoms with Gasteiger partial charge in [0.1, 0.15) is 5.75 Å². The zero-order valence-electron chi connectivity index (χ0n) is 14.3. The van der Waals surface area contributed by atoms with Crippen LogP contribution in [-0.4, -0.2) is 18.3 Å². The number of hydrogen-bond donors (Lipinski definition) is 2. The lowest BCUT2D eigenvalue weighted by Gasteiger charge is -2.12. The van der Waals surface area contributed by atoms with Gasteiger partial charge in [-0.3, -0.25) is 4.79 Å². The number of carbonyl (C=O) groups excluding carboxylic acids is 1. The van der Waals surface area contributed by atoms with E-state index in [0.29, 0.717) is 13.0 Å². The molecule has 0 aromatic heterocycles. The molecule has 0 heterocycles. The predicted octanol–water partition coefficient (Wildman–Crippen LogP) is 4.00. The first-order valence-electron chi connectivity index (χ1n) is 8.27. The summed E-state index contributed by atoms with van der Waals surface area (Å²) in [7, 11) is 0. The number of carbonyl (C=O) groups is 1. The molecule has 0 spiro atoms. The highest BCUT2D eigenvalue weighted by atomic mass is 19.4. The molecule has 4 nitrogen and oxygen atoms in total. The van der Waals surface area contributed by atoms with E-state index in [1.165, 1.54) is 12.1 Å². The Hall–Kier alpha value is -2.54. The van der Waals surface area contributed by atoms with Gasteiger partial charge in [0.15, 0.2) is 0 Å². The van der Waals surface area contributed by atoms with Crippen molar-refractivity contribution >= 4 is 5.91 Å². The van der Waals surface area contributed by atoms with Crippen molar-refractivity contribution < 1.29 is 22.7 Å². The van der Waals surface area contributed by atoms with Crippen LogP contribution in [-0.2, 0) is 11.3 Å². The maximum Gasteiger partial charge on any atom is 0.573 e. The zero-order valence-corrected chi connectivity index (χ0v) is 14.3. The lowest BCUT2D eigenvalue weighted by Crippen LogP contribution is -2.40. The highest BCUT2D eigenvalue weighted by Crippen LogP contribution is 2.26. The van der Waals surface area contributed by atoms with Crippen molar-refractivity contribution in [2.75, 3.05) is 0 Å². The summed E-state index contributed by atoms with van der Waals surface area (Å²) in [5, 5.41) is 2.78. The Labute approximate surface area is 150 Å². The summed E-state index contributed by atoms with van der Waals surface area (Å²) in [6, 6.07) is 12.5. The van der Waals surface area contributed by atoms with Crippen LogP contribution in [0.3, 0.4) is 0 Å². The number of hydrogen-bond acceptors (Lipinski definition) is 3. The molecule has 0 fully saturated rings. The van der Waals surface area contributed by atoms with Gasteiger partial charge in [0.2, 0.25) is 5.91 Å². The smallest absolute Gasteiger partial charge is 0.406 e. The Morgan fingerprint density at radius 2 is 1.62 bits per heavy atom. The molecule has 7 heteroatoms. The first-order chi connectivity index (χ1) is 12.3. The third-order valence-electron chi connectivity index (χ3n) is 3.78. The minimum Gasteiger partial charge on any atom is -0.406 e. The lowest BCUT2D eigenvalue weighted by atomic mass is 10.0. The van der Waals surface area contributed by atoms with Crippen molar-refractivity contribution in [1.29, 1.82) is 0 Å². The van der Waals surface area contributed by atoms with E-state index in [1.54, 1.807) is 12.1 Å². The van der Waals surface area contributed by atoms with E-state index in [4.69, 9.17) is 5.73 Å². The SMILES string of the molecule is CCC[C@H](N)C(=O)NCc1ccc(-c2ccc(OC(F)(F)F)cc2)cc1. The second-order valence-electron chi connectivity index (χ2n) is 5.88. The van der Waals surface area contributed by atoms with Crippen LogP contribution in [0.25, 0.3) is 11.1 Å².